The molecule has 8 heteroatoms. The van der Waals surface area contributed by atoms with Crippen molar-refractivity contribution in [1.82, 2.24) is 15.1 Å². The standard InChI is InChI=1S/C16H27N3O5/c1-7-8-24-13(21)9-12(14(22)18(4)5)19(6)15(23)16(2,3)10-17-11-20/h7,11-12H,1,8-10H2,2-6H3,(H,17,20)/t12-/m0/s1. The minimum Gasteiger partial charge on any atom is -0.461 e. The fourth-order valence-electron chi connectivity index (χ4n) is 2.05. The molecule has 0 aliphatic rings. The maximum absolute atomic E-state index is 12.7. The highest BCUT2D eigenvalue weighted by atomic mass is 16.5. The number of nitrogens with zero attached hydrogens (tertiary/aromatic N) is 2. The van der Waals surface area contributed by atoms with Crippen molar-refractivity contribution in [3.8, 4) is 0 Å². The molecule has 136 valence electrons. The summed E-state index contributed by atoms with van der Waals surface area (Å²) in [6.07, 6.45) is 1.66. The van der Waals surface area contributed by atoms with E-state index in [9.17, 15) is 19.2 Å². The third-order valence-corrected chi connectivity index (χ3v) is 3.44. The summed E-state index contributed by atoms with van der Waals surface area (Å²) in [5.41, 5.74) is -0.925. The Morgan fingerprint density at radius 3 is 2.29 bits per heavy atom. The summed E-state index contributed by atoms with van der Waals surface area (Å²) in [6, 6.07) is -0.986. The van der Waals surface area contributed by atoms with Crippen LogP contribution >= 0.6 is 0 Å². The second kappa shape index (κ2) is 9.69. The summed E-state index contributed by atoms with van der Waals surface area (Å²) in [4.78, 5) is 49.9. The first-order valence-electron chi connectivity index (χ1n) is 7.50. The monoisotopic (exact) mass is 341 g/mol. The normalized spacial score (nSPS) is 11.9. The van der Waals surface area contributed by atoms with Gasteiger partial charge >= 0.3 is 5.97 Å². The second-order valence-electron chi connectivity index (χ2n) is 6.22. The van der Waals surface area contributed by atoms with Crippen LogP contribution in [0.3, 0.4) is 0 Å². The fourth-order valence-corrected chi connectivity index (χ4v) is 2.05. The second-order valence-corrected chi connectivity index (χ2v) is 6.22. The first-order chi connectivity index (χ1) is 11.1. The molecule has 0 aromatic carbocycles. The SMILES string of the molecule is C=CCOC(=O)C[C@@H](C(=O)N(C)C)N(C)C(=O)C(C)(C)CNC=O. The van der Waals surface area contributed by atoms with Gasteiger partial charge in [-0.05, 0) is 13.8 Å². The maximum atomic E-state index is 12.7. The molecule has 0 aliphatic carbocycles. The van der Waals surface area contributed by atoms with E-state index in [2.05, 4.69) is 11.9 Å². The lowest BCUT2D eigenvalue weighted by Crippen LogP contribution is -2.53. The molecule has 0 radical (unpaired) electrons. The van der Waals surface area contributed by atoms with Crippen molar-refractivity contribution >= 4 is 24.2 Å². The topological polar surface area (TPSA) is 96.0 Å². The number of rotatable bonds is 10. The number of nitrogens with one attached hydrogen (secondary N) is 1. The number of amides is 3. The number of carbonyl (C=O) groups excluding carboxylic acids is 4. The number of hydrogen-bond donors (Lipinski definition) is 1. The molecular formula is C16H27N3O5. The van der Waals surface area contributed by atoms with Crippen molar-refractivity contribution in [3.05, 3.63) is 12.7 Å². The molecule has 0 aromatic rings. The van der Waals surface area contributed by atoms with E-state index in [1.165, 1.54) is 22.9 Å². The van der Waals surface area contributed by atoms with Crippen molar-refractivity contribution in [2.45, 2.75) is 26.3 Å². The van der Waals surface area contributed by atoms with Crippen LogP contribution in [0.15, 0.2) is 12.7 Å². The largest absolute Gasteiger partial charge is 0.461 e. The Balaban J connectivity index is 5.28. The Kier molecular flexibility index (Phi) is 8.73. The van der Waals surface area contributed by atoms with Gasteiger partial charge in [0.05, 0.1) is 11.8 Å². The Bertz CT molecular complexity index is 488. The van der Waals surface area contributed by atoms with E-state index in [0.717, 1.165) is 0 Å². The first-order valence-corrected chi connectivity index (χ1v) is 7.50. The highest BCUT2D eigenvalue weighted by molar-refractivity contribution is 5.92. The van der Waals surface area contributed by atoms with Gasteiger partial charge < -0.3 is 19.9 Å². The van der Waals surface area contributed by atoms with Crippen LogP contribution < -0.4 is 5.32 Å². The molecule has 0 aromatic heterocycles. The lowest BCUT2D eigenvalue weighted by molar-refractivity contribution is -0.153. The van der Waals surface area contributed by atoms with Gasteiger partial charge in [0.2, 0.25) is 18.2 Å². The Morgan fingerprint density at radius 1 is 1.25 bits per heavy atom. The van der Waals surface area contributed by atoms with Gasteiger partial charge in [-0.15, -0.1) is 0 Å². The van der Waals surface area contributed by atoms with Crippen LogP contribution in [0.1, 0.15) is 20.3 Å². The molecular weight excluding hydrogens is 314 g/mol. The van der Waals surface area contributed by atoms with Crippen LogP contribution in [0.5, 0.6) is 0 Å². The number of carbonyl (C=O) groups is 4. The molecule has 3 amide bonds. The molecule has 1 atom stereocenters. The quantitative estimate of drug-likeness (QED) is 0.337. The van der Waals surface area contributed by atoms with E-state index >= 15 is 0 Å². The van der Waals surface area contributed by atoms with Crippen LogP contribution in [0, 0.1) is 5.41 Å². The number of hydrogen-bond acceptors (Lipinski definition) is 5. The van der Waals surface area contributed by atoms with E-state index in [0.29, 0.717) is 6.41 Å². The minimum atomic E-state index is -0.986. The van der Waals surface area contributed by atoms with Crippen molar-refractivity contribution in [3.63, 3.8) is 0 Å². The van der Waals surface area contributed by atoms with E-state index < -0.39 is 17.4 Å². The van der Waals surface area contributed by atoms with Crippen LogP contribution in [0.2, 0.25) is 0 Å². The van der Waals surface area contributed by atoms with Gasteiger partial charge in [0.1, 0.15) is 12.6 Å². The van der Waals surface area contributed by atoms with Gasteiger partial charge in [-0.1, -0.05) is 12.7 Å². The Labute approximate surface area is 142 Å². The third kappa shape index (κ3) is 6.39. The molecule has 1 N–H and O–H groups in total. The third-order valence-electron chi connectivity index (χ3n) is 3.44. The molecule has 0 saturated heterocycles. The van der Waals surface area contributed by atoms with Gasteiger partial charge in [0.25, 0.3) is 0 Å². The van der Waals surface area contributed by atoms with Gasteiger partial charge in [-0.25, -0.2) is 0 Å². The molecule has 0 aliphatic heterocycles. The smallest absolute Gasteiger partial charge is 0.308 e. The zero-order valence-corrected chi connectivity index (χ0v) is 15.0. The van der Waals surface area contributed by atoms with Crippen LogP contribution in [-0.4, -0.2) is 74.3 Å². The lowest BCUT2D eigenvalue weighted by Gasteiger charge is -2.34. The average Bonchev–Trinajstić information content (AvgIpc) is 2.53. The zero-order chi connectivity index (χ0) is 18.9. The van der Waals surface area contributed by atoms with E-state index in [4.69, 9.17) is 4.74 Å². The minimum absolute atomic E-state index is 0.0358. The summed E-state index contributed by atoms with van der Waals surface area (Å²) in [5.74, 6) is -1.35. The van der Waals surface area contributed by atoms with Crippen molar-refractivity contribution in [1.29, 1.82) is 0 Å². The lowest BCUT2D eigenvalue weighted by atomic mass is 9.90. The first kappa shape index (κ1) is 21.6. The molecule has 0 spiro atoms. The molecule has 8 nitrogen and oxygen atoms in total. The zero-order valence-electron chi connectivity index (χ0n) is 15.0. The van der Waals surface area contributed by atoms with Crippen LogP contribution in [0.25, 0.3) is 0 Å². The Hall–Kier alpha value is -2.38. The summed E-state index contributed by atoms with van der Waals surface area (Å²) in [6.45, 7) is 6.89. The van der Waals surface area contributed by atoms with Gasteiger partial charge in [0.15, 0.2) is 0 Å². The van der Waals surface area contributed by atoms with Crippen LogP contribution in [0.4, 0.5) is 0 Å². The van der Waals surface area contributed by atoms with Crippen LogP contribution in [-0.2, 0) is 23.9 Å². The molecule has 0 fully saturated rings. The highest BCUT2D eigenvalue weighted by Gasteiger charge is 2.37. The van der Waals surface area contributed by atoms with Crippen molar-refractivity contribution in [2.24, 2.45) is 5.41 Å². The van der Waals surface area contributed by atoms with Gasteiger partial charge in [-0.3, -0.25) is 19.2 Å². The predicted octanol–water partition coefficient (Wildman–Crippen LogP) is -0.207. The summed E-state index contributed by atoms with van der Waals surface area (Å²) in [7, 11) is 4.54. The summed E-state index contributed by atoms with van der Waals surface area (Å²) in [5, 5.41) is 2.46. The van der Waals surface area contributed by atoms with E-state index in [1.807, 2.05) is 0 Å². The highest BCUT2D eigenvalue weighted by Crippen LogP contribution is 2.20. The van der Waals surface area contributed by atoms with Crippen molar-refractivity contribution < 1.29 is 23.9 Å². The van der Waals surface area contributed by atoms with Crippen molar-refractivity contribution in [2.75, 3.05) is 34.3 Å². The molecule has 0 saturated carbocycles. The average molecular weight is 341 g/mol. The van der Waals surface area contributed by atoms with Gasteiger partial charge in [-0.2, -0.15) is 0 Å². The molecule has 0 heterocycles. The fraction of sp³-hybridized carbons (Fsp3) is 0.625. The molecule has 0 unspecified atom stereocenters. The molecule has 24 heavy (non-hydrogen) atoms. The van der Waals surface area contributed by atoms with E-state index in [-0.39, 0.29) is 31.4 Å². The summed E-state index contributed by atoms with van der Waals surface area (Å²) >= 11 is 0. The maximum Gasteiger partial charge on any atom is 0.308 e. The molecule has 0 rings (SSSR count). The number of likely N-dealkylation sites (N-methyl/N-ethyl adjacent to an activating group) is 2. The van der Waals surface area contributed by atoms with E-state index in [1.54, 1.807) is 27.9 Å². The molecule has 0 bridgehead atoms. The number of esters is 1. The van der Waals surface area contributed by atoms with Gasteiger partial charge in [0, 0.05) is 27.7 Å². The predicted molar refractivity (Wildman–Crippen MR) is 88.9 cm³/mol. The number of ether oxygens (including phenoxy) is 1. The Morgan fingerprint density at radius 2 is 1.83 bits per heavy atom. The summed E-state index contributed by atoms with van der Waals surface area (Å²) < 4.78 is 4.91.